The monoisotopic (exact) mass is 257 g/mol. The van der Waals surface area contributed by atoms with Crippen LogP contribution >= 0.6 is 11.8 Å². The number of carbonyl (C=O) groups is 1. The van der Waals surface area contributed by atoms with Crippen LogP contribution in [-0.2, 0) is 15.1 Å². The lowest BCUT2D eigenvalue weighted by Crippen LogP contribution is -2.27. The normalized spacial score (nSPS) is 11.5. The molecule has 0 radical (unpaired) electrons. The number of thioether (sulfide) groups is 1. The van der Waals surface area contributed by atoms with E-state index in [0.29, 0.717) is 6.61 Å². The van der Waals surface area contributed by atoms with Crippen molar-refractivity contribution in [2.45, 2.75) is 44.8 Å². The number of hydrogen-bond donors (Lipinski definition) is 0. The number of nitrogens with zero attached hydrogens (tertiary/aromatic N) is 3. The molecule has 0 aliphatic rings. The van der Waals surface area contributed by atoms with Crippen molar-refractivity contribution in [2.75, 3.05) is 12.4 Å². The highest BCUT2D eigenvalue weighted by atomic mass is 32.2. The molecule has 1 heterocycles. The molecule has 0 N–H and O–H groups in total. The Hall–Kier alpha value is -1.04. The second-order valence-corrected chi connectivity index (χ2v) is 5.16. The van der Waals surface area contributed by atoms with E-state index in [4.69, 9.17) is 4.74 Å². The van der Waals surface area contributed by atoms with Crippen LogP contribution in [0.5, 0.6) is 0 Å². The van der Waals surface area contributed by atoms with Gasteiger partial charge in [-0.3, -0.25) is 4.79 Å². The SMILES string of the molecule is CCOC(=O)CSc1ncnn1C(C)(C)CC. The zero-order valence-corrected chi connectivity index (χ0v) is 11.6. The van der Waals surface area contributed by atoms with E-state index in [-0.39, 0.29) is 17.3 Å². The summed E-state index contributed by atoms with van der Waals surface area (Å²) in [5.41, 5.74) is -0.0898. The van der Waals surface area contributed by atoms with Crippen molar-refractivity contribution in [2.24, 2.45) is 0 Å². The van der Waals surface area contributed by atoms with Crippen molar-refractivity contribution in [3.63, 3.8) is 0 Å². The predicted molar refractivity (Wildman–Crippen MR) is 67.0 cm³/mol. The minimum atomic E-state index is -0.221. The molecular weight excluding hydrogens is 238 g/mol. The average Bonchev–Trinajstić information content (AvgIpc) is 2.75. The molecule has 0 aliphatic heterocycles. The highest BCUT2D eigenvalue weighted by Gasteiger charge is 2.22. The largest absolute Gasteiger partial charge is 0.465 e. The van der Waals surface area contributed by atoms with Gasteiger partial charge in [0.25, 0.3) is 0 Å². The van der Waals surface area contributed by atoms with Gasteiger partial charge in [-0.1, -0.05) is 18.7 Å². The van der Waals surface area contributed by atoms with E-state index >= 15 is 0 Å². The molecule has 17 heavy (non-hydrogen) atoms. The Morgan fingerprint density at radius 3 is 2.82 bits per heavy atom. The number of rotatable bonds is 6. The third kappa shape index (κ3) is 3.73. The van der Waals surface area contributed by atoms with Crippen LogP contribution in [0.4, 0.5) is 0 Å². The second kappa shape index (κ2) is 6.05. The van der Waals surface area contributed by atoms with Crippen LogP contribution in [0.2, 0.25) is 0 Å². The van der Waals surface area contributed by atoms with E-state index in [0.717, 1.165) is 11.6 Å². The fourth-order valence-electron chi connectivity index (χ4n) is 1.22. The number of esters is 1. The molecule has 0 amide bonds. The summed E-state index contributed by atoms with van der Waals surface area (Å²) in [6.07, 6.45) is 2.47. The molecule has 96 valence electrons. The van der Waals surface area contributed by atoms with Crippen LogP contribution in [0.25, 0.3) is 0 Å². The van der Waals surface area contributed by atoms with Gasteiger partial charge in [-0.15, -0.1) is 0 Å². The lowest BCUT2D eigenvalue weighted by atomic mass is 10.0. The smallest absolute Gasteiger partial charge is 0.316 e. The van der Waals surface area contributed by atoms with Crippen LogP contribution in [0.1, 0.15) is 34.1 Å². The summed E-state index contributed by atoms with van der Waals surface area (Å²) in [5.74, 6) is 0.0492. The quantitative estimate of drug-likeness (QED) is 0.577. The van der Waals surface area contributed by atoms with Gasteiger partial charge in [-0.25, -0.2) is 9.67 Å². The number of carbonyl (C=O) groups excluding carboxylic acids is 1. The number of ether oxygens (including phenoxy) is 1. The average molecular weight is 257 g/mol. The van der Waals surface area contributed by atoms with E-state index in [1.165, 1.54) is 18.1 Å². The number of hydrogen-bond acceptors (Lipinski definition) is 5. The topological polar surface area (TPSA) is 57.0 Å². The van der Waals surface area contributed by atoms with Crippen LogP contribution < -0.4 is 0 Å². The molecule has 0 fully saturated rings. The maximum absolute atomic E-state index is 11.3. The van der Waals surface area contributed by atoms with Crippen molar-refractivity contribution in [1.29, 1.82) is 0 Å². The Labute approximate surface area is 106 Å². The fraction of sp³-hybridized carbons (Fsp3) is 0.727. The summed E-state index contributed by atoms with van der Waals surface area (Å²) >= 11 is 1.36. The minimum absolute atomic E-state index is 0.0898. The lowest BCUT2D eigenvalue weighted by molar-refractivity contribution is -0.139. The van der Waals surface area contributed by atoms with Gasteiger partial charge in [0.05, 0.1) is 17.9 Å². The molecule has 0 aliphatic carbocycles. The van der Waals surface area contributed by atoms with Gasteiger partial charge >= 0.3 is 5.97 Å². The predicted octanol–water partition coefficient (Wildman–Crippen LogP) is 2.08. The summed E-state index contributed by atoms with van der Waals surface area (Å²) < 4.78 is 6.73. The van der Waals surface area contributed by atoms with Crippen LogP contribution in [0, 0.1) is 0 Å². The first-order valence-corrected chi connectivity index (χ1v) is 6.68. The summed E-state index contributed by atoms with van der Waals surface area (Å²) in [7, 11) is 0. The Balaban J connectivity index is 2.67. The maximum atomic E-state index is 11.3. The second-order valence-electron chi connectivity index (χ2n) is 4.21. The highest BCUT2D eigenvalue weighted by molar-refractivity contribution is 7.99. The summed E-state index contributed by atoms with van der Waals surface area (Å²) in [6.45, 7) is 8.49. The zero-order chi connectivity index (χ0) is 12.9. The summed E-state index contributed by atoms with van der Waals surface area (Å²) in [5, 5.41) is 4.97. The first-order valence-electron chi connectivity index (χ1n) is 5.70. The molecule has 1 aromatic rings. The van der Waals surface area contributed by atoms with Crippen molar-refractivity contribution < 1.29 is 9.53 Å². The first kappa shape index (κ1) is 14.0. The lowest BCUT2D eigenvalue weighted by Gasteiger charge is -2.24. The van der Waals surface area contributed by atoms with Crippen molar-refractivity contribution in [3.8, 4) is 0 Å². The van der Waals surface area contributed by atoms with Crippen molar-refractivity contribution in [3.05, 3.63) is 6.33 Å². The maximum Gasteiger partial charge on any atom is 0.316 e. The Morgan fingerprint density at radius 1 is 1.53 bits per heavy atom. The molecule has 0 saturated carbocycles. The van der Waals surface area contributed by atoms with Gasteiger partial charge in [0, 0.05) is 0 Å². The van der Waals surface area contributed by atoms with Crippen LogP contribution in [0.15, 0.2) is 11.5 Å². The van der Waals surface area contributed by atoms with E-state index < -0.39 is 0 Å². The standard InChI is InChI=1S/C11H19N3O2S/c1-5-11(3,4)14-10(12-8-13-14)17-7-9(15)16-6-2/h8H,5-7H2,1-4H3. The molecule has 6 heteroatoms. The fourth-order valence-corrected chi connectivity index (χ4v) is 2.09. The summed E-state index contributed by atoms with van der Waals surface area (Å²) in [6, 6.07) is 0. The van der Waals surface area contributed by atoms with Crippen LogP contribution in [-0.4, -0.2) is 33.1 Å². The van der Waals surface area contributed by atoms with Gasteiger partial charge in [0.15, 0.2) is 5.16 Å². The van der Waals surface area contributed by atoms with Gasteiger partial charge in [-0.05, 0) is 27.2 Å². The van der Waals surface area contributed by atoms with Gasteiger partial charge in [-0.2, -0.15) is 5.10 Å². The molecular formula is C11H19N3O2S. The molecule has 5 nitrogen and oxygen atoms in total. The van der Waals surface area contributed by atoms with Crippen molar-refractivity contribution >= 4 is 17.7 Å². The molecule has 1 aromatic heterocycles. The highest BCUT2D eigenvalue weighted by Crippen LogP contribution is 2.24. The molecule has 0 spiro atoms. The molecule has 0 saturated heterocycles. The third-order valence-electron chi connectivity index (χ3n) is 2.58. The van der Waals surface area contributed by atoms with E-state index in [1.807, 2.05) is 4.68 Å². The molecule has 0 bridgehead atoms. The number of aromatic nitrogens is 3. The third-order valence-corrected chi connectivity index (χ3v) is 3.50. The van der Waals surface area contributed by atoms with E-state index in [2.05, 4.69) is 30.9 Å². The van der Waals surface area contributed by atoms with Gasteiger partial charge < -0.3 is 4.74 Å². The molecule has 1 rings (SSSR count). The van der Waals surface area contributed by atoms with Crippen molar-refractivity contribution in [1.82, 2.24) is 14.8 Å². The molecule has 0 unspecified atom stereocenters. The van der Waals surface area contributed by atoms with Crippen LogP contribution in [0.3, 0.4) is 0 Å². The molecule has 0 aromatic carbocycles. The summed E-state index contributed by atoms with van der Waals surface area (Å²) in [4.78, 5) is 15.4. The Bertz CT molecular complexity index is 377. The minimum Gasteiger partial charge on any atom is -0.465 e. The van der Waals surface area contributed by atoms with Gasteiger partial charge in [0.2, 0.25) is 0 Å². The van der Waals surface area contributed by atoms with E-state index in [9.17, 15) is 4.79 Å². The Kier molecular flexibility index (Phi) is 4.99. The van der Waals surface area contributed by atoms with Gasteiger partial charge in [0.1, 0.15) is 6.33 Å². The first-order chi connectivity index (χ1) is 8.01. The Morgan fingerprint density at radius 2 is 2.24 bits per heavy atom. The molecule has 0 atom stereocenters. The van der Waals surface area contributed by atoms with E-state index in [1.54, 1.807) is 6.92 Å². The zero-order valence-electron chi connectivity index (χ0n) is 10.8.